The Morgan fingerprint density at radius 2 is 1.79 bits per heavy atom. The molecule has 0 atom stereocenters. The smallest absolute Gasteiger partial charge is 0.227 e. The fourth-order valence-corrected chi connectivity index (χ4v) is 1.68. The minimum atomic E-state index is 0.0442. The number of carbonyl (C=O) groups excluding carboxylic acids is 1. The van der Waals surface area contributed by atoms with Crippen LogP contribution in [0, 0.1) is 0 Å². The van der Waals surface area contributed by atoms with E-state index in [4.69, 9.17) is 5.73 Å². The Labute approximate surface area is 112 Å². The predicted molar refractivity (Wildman–Crippen MR) is 76.2 cm³/mol. The van der Waals surface area contributed by atoms with Gasteiger partial charge in [-0.15, -0.1) is 0 Å². The van der Waals surface area contributed by atoms with Gasteiger partial charge in [-0.2, -0.15) is 4.98 Å². The van der Waals surface area contributed by atoms with Crippen LogP contribution < -0.4 is 10.6 Å². The minimum absolute atomic E-state index is 0.0442. The molecular formula is C14H16N4O. The van der Waals surface area contributed by atoms with E-state index in [1.807, 2.05) is 26.2 Å². The first-order chi connectivity index (χ1) is 8.97. The van der Waals surface area contributed by atoms with Crippen molar-refractivity contribution in [3.63, 3.8) is 0 Å². The summed E-state index contributed by atoms with van der Waals surface area (Å²) in [5.74, 6) is 1.03. The molecule has 5 heteroatoms. The lowest BCUT2D eigenvalue weighted by molar-refractivity contribution is 0.101. The molecule has 0 aliphatic heterocycles. The van der Waals surface area contributed by atoms with Crippen molar-refractivity contribution in [2.45, 2.75) is 6.92 Å². The highest BCUT2D eigenvalue weighted by Gasteiger charge is 2.07. The summed E-state index contributed by atoms with van der Waals surface area (Å²) in [4.78, 5) is 21.6. The van der Waals surface area contributed by atoms with Crippen LogP contribution in [0.5, 0.6) is 0 Å². The number of carbonyl (C=O) groups is 1. The van der Waals surface area contributed by atoms with Gasteiger partial charge in [0, 0.05) is 31.3 Å². The van der Waals surface area contributed by atoms with Crippen molar-refractivity contribution in [1.82, 2.24) is 9.97 Å². The van der Waals surface area contributed by atoms with Gasteiger partial charge in [-0.25, -0.2) is 4.98 Å². The van der Waals surface area contributed by atoms with Crippen molar-refractivity contribution in [2.24, 2.45) is 0 Å². The van der Waals surface area contributed by atoms with Crippen molar-refractivity contribution in [3.8, 4) is 11.3 Å². The van der Waals surface area contributed by atoms with Crippen LogP contribution in [-0.2, 0) is 0 Å². The summed E-state index contributed by atoms with van der Waals surface area (Å²) in [6.07, 6.45) is 0. The first kappa shape index (κ1) is 13.0. The van der Waals surface area contributed by atoms with Gasteiger partial charge in [0.15, 0.2) is 5.78 Å². The largest absolute Gasteiger partial charge is 0.384 e. The highest BCUT2D eigenvalue weighted by atomic mass is 16.1. The summed E-state index contributed by atoms with van der Waals surface area (Å²) < 4.78 is 0. The summed E-state index contributed by atoms with van der Waals surface area (Å²) in [7, 11) is 3.72. The van der Waals surface area contributed by atoms with Crippen LogP contribution in [0.3, 0.4) is 0 Å². The molecule has 2 aromatic rings. The van der Waals surface area contributed by atoms with E-state index in [1.54, 1.807) is 30.0 Å². The Bertz CT molecular complexity index is 605. The quantitative estimate of drug-likeness (QED) is 0.850. The predicted octanol–water partition coefficient (Wildman–Crippen LogP) is 1.99. The molecule has 0 amide bonds. The lowest BCUT2D eigenvalue weighted by atomic mass is 10.1. The maximum absolute atomic E-state index is 11.2. The number of anilines is 2. The number of benzene rings is 1. The number of ketones is 1. The molecule has 19 heavy (non-hydrogen) atoms. The molecule has 0 spiro atoms. The summed E-state index contributed by atoms with van der Waals surface area (Å²) in [6.45, 7) is 1.54. The van der Waals surface area contributed by atoms with Crippen molar-refractivity contribution in [3.05, 3.63) is 35.9 Å². The van der Waals surface area contributed by atoms with Crippen molar-refractivity contribution in [1.29, 1.82) is 0 Å². The van der Waals surface area contributed by atoms with Gasteiger partial charge in [-0.3, -0.25) is 4.79 Å². The third kappa shape index (κ3) is 2.88. The monoisotopic (exact) mass is 256 g/mol. The zero-order valence-electron chi connectivity index (χ0n) is 11.2. The van der Waals surface area contributed by atoms with Gasteiger partial charge < -0.3 is 10.6 Å². The molecule has 0 saturated heterocycles. The summed E-state index contributed by atoms with van der Waals surface area (Å²) >= 11 is 0. The van der Waals surface area contributed by atoms with E-state index in [0.29, 0.717) is 17.3 Å². The van der Waals surface area contributed by atoms with E-state index >= 15 is 0 Å². The molecule has 0 radical (unpaired) electrons. The second-order valence-electron chi connectivity index (χ2n) is 4.51. The molecule has 1 aromatic carbocycles. The summed E-state index contributed by atoms with van der Waals surface area (Å²) in [5, 5.41) is 0. The van der Waals surface area contributed by atoms with Crippen LogP contribution in [0.15, 0.2) is 30.3 Å². The Balaban J connectivity index is 2.43. The van der Waals surface area contributed by atoms with E-state index in [0.717, 1.165) is 11.3 Å². The lowest BCUT2D eigenvalue weighted by Gasteiger charge is -2.12. The number of hydrogen-bond donors (Lipinski definition) is 1. The Morgan fingerprint density at radius 1 is 1.16 bits per heavy atom. The fourth-order valence-electron chi connectivity index (χ4n) is 1.68. The van der Waals surface area contributed by atoms with Gasteiger partial charge in [-0.1, -0.05) is 24.3 Å². The Kier molecular flexibility index (Phi) is 3.46. The van der Waals surface area contributed by atoms with Crippen molar-refractivity contribution < 1.29 is 4.79 Å². The standard InChI is InChI=1S/C14H16N4O/c1-9(19)10-4-6-11(7-5-10)12-8-13(15)17-14(16-12)18(2)3/h4-8H,1-3H3,(H2,15,16,17). The number of hydrogen-bond acceptors (Lipinski definition) is 5. The first-order valence-electron chi connectivity index (χ1n) is 5.90. The number of rotatable bonds is 3. The molecule has 0 saturated carbocycles. The van der Waals surface area contributed by atoms with Crippen molar-refractivity contribution in [2.75, 3.05) is 24.7 Å². The lowest BCUT2D eigenvalue weighted by Crippen LogP contribution is -2.14. The van der Waals surface area contributed by atoms with E-state index in [1.165, 1.54) is 0 Å². The van der Waals surface area contributed by atoms with Gasteiger partial charge in [0.2, 0.25) is 5.95 Å². The van der Waals surface area contributed by atoms with Crippen LogP contribution in [0.2, 0.25) is 0 Å². The molecule has 0 aliphatic rings. The topological polar surface area (TPSA) is 72.1 Å². The average Bonchev–Trinajstić information content (AvgIpc) is 2.38. The maximum atomic E-state index is 11.2. The third-order valence-electron chi connectivity index (χ3n) is 2.72. The van der Waals surface area contributed by atoms with Crippen LogP contribution in [0.25, 0.3) is 11.3 Å². The molecule has 98 valence electrons. The fraction of sp³-hybridized carbons (Fsp3) is 0.214. The molecular weight excluding hydrogens is 240 g/mol. The number of nitrogens with two attached hydrogens (primary N) is 1. The Morgan fingerprint density at radius 3 is 2.32 bits per heavy atom. The van der Waals surface area contributed by atoms with E-state index in [2.05, 4.69) is 9.97 Å². The second-order valence-corrected chi connectivity index (χ2v) is 4.51. The van der Waals surface area contributed by atoms with Crippen LogP contribution in [-0.4, -0.2) is 29.8 Å². The van der Waals surface area contributed by atoms with Crippen LogP contribution >= 0.6 is 0 Å². The third-order valence-corrected chi connectivity index (χ3v) is 2.72. The summed E-state index contributed by atoms with van der Waals surface area (Å²) in [6, 6.07) is 9.00. The maximum Gasteiger partial charge on any atom is 0.227 e. The molecule has 5 nitrogen and oxygen atoms in total. The van der Waals surface area contributed by atoms with Gasteiger partial charge in [-0.05, 0) is 6.92 Å². The zero-order valence-corrected chi connectivity index (χ0v) is 11.2. The minimum Gasteiger partial charge on any atom is -0.384 e. The highest BCUT2D eigenvalue weighted by molar-refractivity contribution is 5.94. The molecule has 2 rings (SSSR count). The first-order valence-corrected chi connectivity index (χ1v) is 5.90. The number of nitrogen functional groups attached to an aromatic ring is 1. The number of nitrogens with zero attached hydrogens (tertiary/aromatic N) is 3. The van der Waals surface area contributed by atoms with Gasteiger partial charge in [0.05, 0.1) is 5.69 Å². The molecule has 1 heterocycles. The SMILES string of the molecule is CC(=O)c1ccc(-c2cc(N)nc(N(C)C)n2)cc1. The summed E-state index contributed by atoms with van der Waals surface area (Å²) in [5.41, 5.74) is 8.11. The molecule has 2 N–H and O–H groups in total. The number of aromatic nitrogens is 2. The van der Waals surface area contributed by atoms with E-state index < -0.39 is 0 Å². The highest BCUT2D eigenvalue weighted by Crippen LogP contribution is 2.21. The normalized spacial score (nSPS) is 10.3. The Hall–Kier alpha value is -2.43. The molecule has 1 aromatic heterocycles. The zero-order chi connectivity index (χ0) is 14.0. The number of Topliss-reactive ketones (excluding diaryl/α,β-unsaturated/α-hetero) is 1. The van der Waals surface area contributed by atoms with Crippen LogP contribution in [0.1, 0.15) is 17.3 Å². The van der Waals surface area contributed by atoms with Crippen LogP contribution in [0.4, 0.5) is 11.8 Å². The van der Waals surface area contributed by atoms with E-state index in [-0.39, 0.29) is 5.78 Å². The van der Waals surface area contributed by atoms with Gasteiger partial charge in [0.1, 0.15) is 5.82 Å². The van der Waals surface area contributed by atoms with Gasteiger partial charge in [0.25, 0.3) is 0 Å². The van der Waals surface area contributed by atoms with E-state index in [9.17, 15) is 4.79 Å². The van der Waals surface area contributed by atoms with Gasteiger partial charge >= 0.3 is 0 Å². The molecule has 0 bridgehead atoms. The molecule has 0 fully saturated rings. The molecule has 0 aliphatic carbocycles. The molecule has 0 unspecified atom stereocenters. The van der Waals surface area contributed by atoms with Crippen molar-refractivity contribution >= 4 is 17.5 Å². The average molecular weight is 256 g/mol. The second kappa shape index (κ2) is 5.06.